The van der Waals surface area contributed by atoms with Crippen LogP contribution in [0.25, 0.3) is 0 Å². The number of nitrogens with zero attached hydrogens (tertiary/aromatic N) is 3. The smallest absolute Gasteiger partial charge is 0.0962 e. The Balaban J connectivity index is 1.93. The molecule has 4 nitrogen and oxygen atoms in total. The van der Waals surface area contributed by atoms with E-state index in [4.69, 9.17) is 0 Å². The van der Waals surface area contributed by atoms with Gasteiger partial charge in [0.1, 0.15) is 0 Å². The van der Waals surface area contributed by atoms with Gasteiger partial charge in [-0.1, -0.05) is 0 Å². The number of hydrogen-bond donors (Lipinski definition) is 1. The van der Waals surface area contributed by atoms with Gasteiger partial charge in [-0.2, -0.15) is 5.10 Å². The molecule has 0 amide bonds. The van der Waals surface area contributed by atoms with Crippen LogP contribution < -0.4 is 0 Å². The molecule has 0 aliphatic rings. The first-order chi connectivity index (χ1) is 8.15. The SMILES string of the molecule is Cn1cc(CCC(O)c2ccc(Br)cn2)cn1. The van der Waals surface area contributed by atoms with Gasteiger partial charge in [-0.3, -0.25) is 9.67 Å². The summed E-state index contributed by atoms with van der Waals surface area (Å²) in [6.07, 6.45) is 6.41. The van der Waals surface area contributed by atoms with Crippen LogP contribution in [0.15, 0.2) is 35.2 Å². The first kappa shape index (κ1) is 12.3. The van der Waals surface area contributed by atoms with Crippen molar-refractivity contribution in [2.24, 2.45) is 7.05 Å². The summed E-state index contributed by atoms with van der Waals surface area (Å²) in [5.41, 5.74) is 1.83. The lowest BCUT2D eigenvalue weighted by atomic mass is 10.1. The van der Waals surface area contributed by atoms with Gasteiger partial charge in [0.05, 0.1) is 18.0 Å². The number of aliphatic hydroxyl groups is 1. The van der Waals surface area contributed by atoms with Crippen LogP contribution in [0.4, 0.5) is 0 Å². The van der Waals surface area contributed by atoms with Crippen molar-refractivity contribution >= 4 is 15.9 Å². The second kappa shape index (κ2) is 5.42. The number of pyridine rings is 1. The largest absolute Gasteiger partial charge is 0.387 e. The monoisotopic (exact) mass is 295 g/mol. The molecule has 0 aliphatic heterocycles. The quantitative estimate of drug-likeness (QED) is 0.941. The maximum absolute atomic E-state index is 9.97. The summed E-state index contributed by atoms with van der Waals surface area (Å²) < 4.78 is 2.68. The lowest BCUT2D eigenvalue weighted by Crippen LogP contribution is -2.01. The summed E-state index contributed by atoms with van der Waals surface area (Å²) in [5.74, 6) is 0. The average molecular weight is 296 g/mol. The van der Waals surface area contributed by atoms with E-state index in [1.165, 1.54) is 0 Å². The van der Waals surface area contributed by atoms with E-state index in [1.54, 1.807) is 10.9 Å². The van der Waals surface area contributed by atoms with Crippen LogP contribution in [-0.2, 0) is 13.5 Å². The minimum absolute atomic E-state index is 0.525. The van der Waals surface area contributed by atoms with Crippen molar-refractivity contribution in [1.82, 2.24) is 14.8 Å². The molecule has 0 aliphatic carbocycles. The third-order valence-corrected chi connectivity index (χ3v) is 3.03. The molecule has 2 aromatic heterocycles. The molecular weight excluding hydrogens is 282 g/mol. The van der Waals surface area contributed by atoms with Crippen LogP contribution in [-0.4, -0.2) is 19.9 Å². The summed E-state index contributed by atoms with van der Waals surface area (Å²) in [7, 11) is 1.89. The molecule has 0 fully saturated rings. The van der Waals surface area contributed by atoms with E-state index >= 15 is 0 Å². The normalized spacial score (nSPS) is 12.6. The summed E-state index contributed by atoms with van der Waals surface area (Å²) in [5, 5.41) is 14.1. The fraction of sp³-hybridized carbons (Fsp3) is 0.333. The number of hydrogen-bond acceptors (Lipinski definition) is 3. The highest BCUT2D eigenvalue weighted by Gasteiger charge is 2.09. The van der Waals surface area contributed by atoms with Gasteiger partial charge in [0.25, 0.3) is 0 Å². The third kappa shape index (κ3) is 3.38. The van der Waals surface area contributed by atoms with Gasteiger partial charge in [0.15, 0.2) is 0 Å². The van der Waals surface area contributed by atoms with E-state index in [1.807, 2.05) is 31.6 Å². The molecule has 0 aromatic carbocycles. The van der Waals surface area contributed by atoms with E-state index in [9.17, 15) is 5.11 Å². The summed E-state index contributed by atoms with van der Waals surface area (Å²) in [6, 6.07) is 3.72. The van der Waals surface area contributed by atoms with Gasteiger partial charge in [0.2, 0.25) is 0 Å². The molecule has 0 bridgehead atoms. The van der Waals surface area contributed by atoms with Crippen molar-refractivity contribution in [2.75, 3.05) is 0 Å². The molecule has 0 saturated carbocycles. The van der Waals surface area contributed by atoms with Crippen molar-refractivity contribution < 1.29 is 5.11 Å². The molecule has 17 heavy (non-hydrogen) atoms. The Morgan fingerprint density at radius 3 is 2.82 bits per heavy atom. The topological polar surface area (TPSA) is 50.9 Å². The lowest BCUT2D eigenvalue weighted by Gasteiger charge is -2.08. The number of rotatable bonds is 4. The highest BCUT2D eigenvalue weighted by molar-refractivity contribution is 9.10. The molecule has 2 heterocycles. The summed E-state index contributed by atoms with van der Waals surface area (Å²) in [4.78, 5) is 4.18. The minimum Gasteiger partial charge on any atom is -0.387 e. The van der Waals surface area contributed by atoms with E-state index in [0.29, 0.717) is 12.1 Å². The maximum atomic E-state index is 9.97. The zero-order chi connectivity index (χ0) is 12.3. The Morgan fingerprint density at radius 1 is 1.41 bits per heavy atom. The van der Waals surface area contributed by atoms with Crippen LogP contribution in [0.3, 0.4) is 0 Å². The van der Waals surface area contributed by atoms with Crippen LogP contribution >= 0.6 is 15.9 Å². The van der Waals surface area contributed by atoms with Crippen LogP contribution in [0.2, 0.25) is 0 Å². The Kier molecular flexibility index (Phi) is 3.91. The molecule has 2 rings (SSSR count). The van der Waals surface area contributed by atoms with Crippen LogP contribution in [0, 0.1) is 0 Å². The molecular formula is C12H14BrN3O. The minimum atomic E-state index is -0.525. The predicted octanol–water partition coefficient (Wildman–Crippen LogP) is 2.24. The Morgan fingerprint density at radius 2 is 2.24 bits per heavy atom. The average Bonchev–Trinajstić information content (AvgIpc) is 2.73. The van der Waals surface area contributed by atoms with E-state index in [0.717, 1.165) is 16.5 Å². The van der Waals surface area contributed by atoms with Gasteiger partial charge in [0, 0.05) is 23.9 Å². The number of aryl methyl sites for hydroxylation is 2. The first-order valence-corrected chi connectivity index (χ1v) is 6.21. The van der Waals surface area contributed by atoms with Gasteiger partial charge in [-0.25, -0.2) is 0 Å². The van der Waals surface area contributed by atoms with Gasteiger partial charge in [-0.15, -0.1) is 0 Å². The summed E-state index contributed by atoms with van der Waals surface area (Å²) in [6.45, 7) is 0. The molecule has 0 spiro atoms. The lowest BCUT2D eigenvalue weighted by molar-refractivity contribution is 0.163. The highest BCUT2D eigenvalue weighted by Crippen LogP contribution is 2.18. The highest BCUT2D eigenvalue weighted by atomic mass is 79.9. The second-order valence-corrected chi connectivity index (χ2v) is 4.89. The number of halogens is 1. The molecule has 90 valence electrons. The molecule has 5 heteroatoms. The maximum Gasteiger partial charge on any atom is 0.0962 e. The second-order valence-electron chi connectivity index (χ2n) is 3.98. The van der Waals surface area contributed by atoms with Gasteiger partial charge in [-0.05, 0) is 46.5 Å². The molecule has 1 unspecified atom stereocenters. The zero-order valence-electron chi connectivity index (χ0n) is 9.55. The zero-order valence-corrected chi connectivity index (χ0v) is 11.1. The fourth-order valence-electron chi connectivity index (χ4n) is 1.64. The predicted molar refractivity (Wildman–Crippen MR) is 68.4 cm³/mol. The van der Waals surface area contributed by atoms with Crippen molar-refractivity contribution in [1.29, 1.82) is 0 Å². The molecule has 1 atom stereocenters. The fourth-order valence-corrected chi connectivity index (χ4v) is 1.87. The van der Waals surface area contributed by atoms with Crippen molar-refractivity contribution in [3.05, 3.63) is 46.5 Å². The first-order valence-electron chi connectivity index (χ1n) is 5.42. The van der Waals surface area contributed by atoms with E-state index in [-0.39, 0.29) is 0 Å². The number of aromatic nitrogens is 3. The van der Waals surface area contributed by atoms with Crippen molar-refractivity contribution in [2.45, 2.75) is 18.9 Å². The van der Waals surface area contributed by atoms with E-state index in [2.05, 4.69) is 26.0 Å². The van der Waals surface area contributed by atoms with E-state index < -0.39 is 6.10 Å². The Bertz CT molecular complexity index is 481. The van der Waals surface area contributed by atoms with Gasteiger partial charge < -0.3 is 5.11 Å². The molecule has 1 N–H and O–H groups in total. The Labute approximate surface area is 108 Å². The molecule has 2 aromatic rings. The summed E-state index contributed by atoms with van der Waals surface area (Å²) >= 11 is 3.32. The van der Waals surface area contributed by atoms with Crippen molar-refractivity contribution in [3.8, 4) is 0 Å². The van der Waals surface area contributed by atoms with Crippen LogP contribution in [0.5, 0.6) is 0 Å². The number of aliphatic hydroxyl groups excluding tert-OH is 1. The van der Waals surface area contributed by atoms with Crippen LogP contribution in [0.1, 0.15) is 23.8 Å². The third-order valence-electron chi connectivity index (χ3n) is 2.56. The molecule has 0 radical (unpaired) electrons. The van der Waals surface area contributed by atoms with Gasteiger partial charge >= 0.3 is 0 Å². The standard InChI is InChI=1S/C12H14BrN3O/c1-16-8-9(6-15-16)2-5-12(17)11-4-3-10(13)7-14-11/h3-4,6-8,12,17H,2,5H2,1H3. The van der Waals surface area contributed by atoms with Crippen molar-refractivity contribution in [3.63, 3.8) is 0 Å². The Hall–Kier alpha value is -1.20. The molecule has 0 saturated heterocycles.